The summed E-state index contributed by atoms with van der Waals surface area (Å²) in [6.07, 6.45) is 0. The molecule has 1 aliphatic rings. The third-order valence-corrected chi connectivity index (χ3v) is 6.43. The van der Waals surface area contributed by atoms with Crippen LogP contribution in [0, 0.1) is 0 Å². The normalized spacial score (nSPS) is 16.7. The number of aromatic nitrogens is 2. The van der Waals surface area contributed by atoms with Crippen molar-refractivity contribution < 1.29 is 14.6 Å². The molecule has 2 aromatic carbocycles. The van der Waals surface area contributed by atoms with Crippen LogP contribution in [0.5, 0.6) is 5.75 Å². The molecule has 7 nitrogen and oxygen atoms in total. The van der Waals surface area contributed by atoms with Crippen LogP contribution in [-0.2, 0) is 10.2 Å². The lowest BCUT2D eigenvalue weighted by atomic mass is 9.77. The van der Waals surface area contributed by atoms with Gasteiger partial charge in [-0.05, 0) is 53.8 Å². The summed E-state index contributed by atoms with van der Waals surface area (Å²) in [5, 5.41) is 12.7. The maximum Gasteiger partial charge on any atom is 0.240 e. The number of carbonyl (C=O) groups is 1. The van der Waals surface area contributed by atoms with E-state index in [0.29, 0.717) is 39.1 Å². The number of ether oxygens (including phenoxy) is 1. The molecule has 0 fully saturated rings. The first-order valence-corrected chi connectivity index (χ1v) is 11.5. The van der Waals surface area contributed by atoms with Gasteiger partial charge in [-0.15, -0.1) is 0 Å². The summed E-state index contributed by atoms with van der Waals surface area (Å²) < 4.78 is 5.44. The molecule has 2 heterocycles. The van der Waals surface area contributed by atoms with Gasteiger partial charge in [-0.3, -0.25) is 4.79 Å². The zero-order chi connectivity index (χ0) is 25.5. The minimum absolute atomic E-state index is 0.0144. The molecule has 0 saturated carbocycles. The molecule has 1 aromatic heterocycles. The van der Waals surface area contributed by atoms with E-state index in [4.69, 9.17) is 22.1 Å². The molecule has 4 rings (SSSR count). The fraction of sp³-hybridized carbons (Fsp3) is 0.222. The zero-order valence-corrected chi connectivity index (χ0v) is 20.6. The Bertz CT molecular complexity index is 1350. The second kappa shape index (κ2) is 9.07. The van der Waals surface area contributed by atoms with Gasteiger partial charge in [0.05, 0.1) is 5.56 Å². The Kier molecular flexibility index (Phi) is 6.30. The number of hydrogen-bond donors (Lipinski definition) is 3. The zero-order valence-electron chi connectivity index (χ0n) is 19.9. The van der Waals surface area contributed by atoms with Gasteiger partial charge in [0, 0.05) is 10.6 Å². The van der Waals surface area contributed by atoms with Crippen molar-refractivity contribution in [2.45, 2.75) is 32.1 Å². The second-order valence-corrected chi connectivity index (χ2v) is 9.42. The number of fused-ring (bicyclic) bond motifs is 1. The highest BCUT2D eigenvalue weighted by Gasteiger charge is 2.47. The van der Waals surface area contributed by atoms with Gasteiger partial charge in [-0.2, -0.15) is 0 Å². The summed E-state index contributed by atoms with van der Waals surface area (Å²) >= 11 is 6.21. The molecule has 0 saturated heterocycles. The van der Waals surface area contributed by atoms with Crippen molar-refractivity contribution in [2.75, 3.05) is 17.7 Å². The number of nitrogen functional groups attached to an aromatic ring is 1. The lowest BCUT2D eigenvalue weighted by Crippen LogP contribution is -2.33. The lowest BCUT2D eigenvalue weighted by molar-refractivity contribution is -0.119. The molecule has 1 aliphatic heterocycles. The minimum atomic E-state index is -1.10. The number of nitrogens with one attached hydrogen (secondary N) is 1. The van der Waals surface area contributed by atoms with E-state index in [1.807, 2.05) is 12.1 Å². The summed E-state index contributed by atoms with van der Waals surface area (Å²) in [6, 6.07) is 12.6. The number of nitrogens with zero attached hydrogens (tertiary/aromatic N) is 2. The van der Waals surface area contributed by atoms with Crippen LogP contribution < -0.4 is 15.8 Å². The van der Waals surface area contributed by atoms with Gasteiger partial charge in [-0.25, -0.2) is 9.97 Å². The highest BCUT2D eigenvalue weighted by atomic mass is 35.5. The lowest BCUT2D eigenvalue weighted by Gasteiger charge is -2.24. The first-order valence-electron chi connectivity index (χ1n) is 11.1. The number of halogens is 1. The van der Waals surface area contributed by atoms with E-state index in [-0.39, 0.29) is 30.0 Å². The molecule has 8 heteroatoms. The maximum atomic E-state index is 13.2. The van der Waals surface area contributed by atoms with Crippen molar-refractivity contribution in [3.8, 4) is 5.75 Å². The third-order valence-electron chi connectivity index (χ3n) is 6.19. The van der Waals surface area contributed by atoms with Crippen LogP contribution in [0.3, 0.4) is 0 Å². The Hall–Kier alpha value is -3.84. The number of benzene rings is 2. The minimum Gasteiger partial charge on any atom is -0.509 e. The van der Waals surface area contributed by atoms with Crippen molar-refractivity contribution in [1.82, 2.24) is 9.97 Å². The van der Waals surface area contributed by atoms with Crippen LogP contribution in [0.15, 0.2) is 61.4 Å². The maximum absolute atomic E-state index is 13.2. The number of hydrogen-bond acceptors (Lipinski definition) is 6. The summed E-state index contributed by atoms with van der Waals surface area (Å²) in [5.74, 6) is 1.29. The van der Waals surface area contributed by atoms with Gasteiger partial charge in [0.1, 0.15) is 35.2 Å². The molecule has 0 radical (unpaired) electrons. The molecule has 1 atom stereocenters. The van der Waals surface area contributed by atoms with E-state index in [9.17, 15) is 9.90 Å². The molecular formula is C27H27ClN4O3. The standard InChI is InChI=1S/C27H27ClN4O3/c1-14(2)21-12-18(28)8-11-20(21)16(4)24-30-23(29)22-25(31-24)32-26(34)27(22,5)17-6-9-19(10-7-17)35-13-15(3)33/h6-12,14,33H,3-4,13H2,1-2,5H3,(H3,29,30,31,32,34). The number of amides is 1. The van der Waals surface area contributed by atoms with Crippen molar-refractivity contribution in [3.05, 3.63) is 94.5 Å². The Morgan fingerprint density at radius 2 is 1.89 bits per heavy atom. The molecule has 4 N–H and O–H groups in total. The SMILES string of the molecule is C=C(O)COc1ccc(C2(C)C(=O)Nc3nc(C(=C)c4ccc(Cl)cc4C(C)C)nc(N)c32)cc1. The monoisotopic (exact) mass is 490 g/mol. The predicted octanol–water partition coefficient (Wildman–Crippen LogP) is 5.61. The van der Waals surface area contributed by atoms with Crippen LogP contribution in [0.1, 0.15) is 54.8 Å². The summed E-state index contributed by atoms with van der Waals surface area (Å²) in [5.41, 5.74) is 9.03. The van der Waals surface area contributed by atoms with Gasteiger partial charge in [0.25, 0.3) is 0 Å². The molecule has 1 unspecified atom stereocenters. The molecule has 0 spiro atoms. The molecule has 1 amide bonds. The fourth-order valence-corrected chi connectivity index (χ4v) is 4.46. The van der Waals surface area contributed by atoms with E-state index >= 15 is 0 Å². The van der Waals surface area contributed by atoms with Crippen LogP contribution in [0.4, 0.5) is 11.6 Å². The second-order valence-electron chi connectivity index (χ2n) is 8.98. The Morgan fingerprint density at radius 1 is 1.20 bits per heavy atom. The van der Waals surface area contributed by atoms with E-state index in [1.165, 1.54) is 0 Å². The molecule has 180 valence electrons. The van der Waals surface area contributed by atoms with Gasteiger partial charge in [0.2, 0.25) is 5.91 Å². The molecule has 35 heavy (non-hydrogen) atoms. The van der Waals surface area contributed by atoms with Crippen molar-refractivity contribution in [2.24, 2.45) is 0 Å². The number of nitrogens with two attached hydrogens (primary N) is 1. The van der Waals surface area contributed by atoms with Gasteiger partial charge in [-0.1, -0.05) is 56.8 Å². The van der Waals surface area contributed by atoms with E-state index in [0.717, 1.165) is 11.1 Å². The predicted molar refractivity (Wildman–Crippen MR) is 139 cm³/mol. The number of carbonyl (C=O) groups excluding carboxylic acids is 1. The van der Waals surface area contributed by atoms with E-state index in [1.54, 1.807) is 37.3 Å². The molecule has 3 aromatic rings. The van der Waals surface area contributed by atoms with Crippen LogP contribution in [-0.4, -0.2) is 27.6 Å². The largest absolute Gasteiger partial charge is 0.509 e. The summed E-state index contributed by atoms with van der Waals surface area (Å²) in [7, 11) is 0. The van der Waals surface area contributed by atoms with Crippen LogP contribution in [0.25, 0.3) is 5.57 Å². The molecule has 0 aliphatic carbocycles. The Balaban J connectivity index is 1.72. The number of aliphatic hydroxyl groups is 1. The first-order chi connectivity index (χ1) is 16.5. The highest BCUT2D eigenvalue weighted by Crippen LogP contribution is 2.45. The number of aliphatic hydroxyl groups excluding tert-OH is 1. The van der Waals surface area contributed by atoms with Crippen LogP contribution >= 0.6 is 11.6 Å². The smallest absolute Gasteiger partial charge is 0.240 e. The topological polar surface area (TPSA) is 110 Å². The van der Waals surface area contributed by atoms with Gasteiger partial charge >= 0.3 is 0 Å². The van der Waals surface area contributed by atoms with Crippen molar-refractivity contribution in [3.63, 3.8) is 0 Å². The third kappa shape index (κ3) is 4.35. The van der Waals surface area contributed by atoms with Gasteiger partial charge in [0.15, 0.2) is 5.82 Å². The quantitative estimate of drug-likeness (QED) is 0.371. The molecule has 0 bridgehead atoms. The Morgan fingerprint density at radius 3 is 2.51 bits per heavy atom. The summed E-state index contributed by atoms with van der Waals surface area (Å²) in [6.45, 7) is 13.5. The fourth-order valence-electron chi connectivity index (χ4n) is 4.28. The highest BCUT2D eigenvalue weighted by molar-refractivity contribution is 6.30. The van der Waals surface area contributed by atoms with Gasteiger partial charge < -0.3 is 20.9 Å². The molecular weight excluding hydrogens is 464 g/mol. The number of rotatable bonds is 7. The van der Waals surface area contributed by atoms with Crippen LogP contribution in [0.2, 0.25) is 5.02 Å². The number of anilines is 2. The average Bonchev–Trinajstić information content (AvgIpc) is 3.08. The van der Waals surface area contributed by atoms with E-state index < -0.39 is 5.41 Å². The van der Waals surface area contributed by atoms with Crippen molar-refractivity contribution in [1.29, 1.82) is 0 Å². The first kappa shape index (κ1) is 24.3. The average molecular weight is 491 g/mol. The summed E-state index contributed by atoms with van der Waals surface area (Å²) in [4.78, 5) is 22.4. The Labute approximate surface area is 209 Å². The van der Waals surface area contributed by atoms with Crippen molar-refractivity contribution >= 4 is 34.7 Å². The van der Waals surface area contributed by atoms with E-state index in [2.05, 4.69) is 42.3 Å².